The highest BCUT2D eigenvalue weighted by molar-refractivity contribution is 14.0. The van der Waals surface area contributed by atoms with Gasteiger partial charge in [0.15, 0.2) is 5.96 Å². The molecule has 0 spiro atoms. The maximum atomic E-state index is 12.1. The summed E-state index contributed by atoms with van der Waals surface area (Å²) in [7, 11) is 1.72. The second kappa shape index (κ2) is 12.8. The zero-order valence-electron chi connectivity index (χ0n) is 20.3. The average Bonchev–Trinajstić information content (AvgIpc) is 3.26. The number of benzene rings is 1. The van der Waals surface area contributed by atoms with Crippen molar-refractivity contribution in [1.82, 2.24) is 15.5 Å². The number of furan rings is 1. The molecule has 3 N–H and O–H groups in total. The highest BCUT2D eigenvalue weighted by Crippen LogP contribution is 2.19. The molecule has 0 saturated heterocycles. The van der Waals surface area contributed by atoms with Gasteiger partial charge in [-0.2, -0.15) is 0 Å². The van der Waals surface area contributed by atoms with Gasteiger partial charge in [0.25, 0.3) is 0 Å². The van der Waals surface area contributed by atoms with E-state index in [9.17, 15) is 9.90 Å². The topological polar surface area (TPSA) is 99.3 Å². The first-order chi connectivity index (χ1) is 15.0. The van der Waals surface area contributed by atoms with Gasteiger partial charge in [0.05, 0.1) is 19.4 Å². The van der Waals surface area contributed by atoms with Gasteiger partial charge in [-0.05, 0) is 57.9 Å². The first-order valence-corrected chi connectivity index (χ1v) is 10.8. The Morgan fingerprint density at radius 1 is 1.12 bits per heavy atom. The summed E-state index contributed by atoms with van der Waals surface area (Å²) in [5.74, 6) is 1.10. The molecule has 1 unspecified atom stereocenters. The van der Waals surface area contributed by atoms with E-state index in [1.54, 1.807) is 31.0 Å². The van der Waals surface area contributed by atoms with Crippen LogP contribution in [0.5, 0.6) is 0 Å². The number of carbonyl (C=O) groups excluding carboxylic acids is 1. The van der Waals surface area contributed by atoms with Gasteiger partial charge < -0.3 is 29.8 Å². The molecule has 184 valence electrons. The minimum absolute atomic E-state index is 0. The molecule has 2 rings (SSSR count). The number of halogens is 1. The maximum absolute atomic E-state index is 12.1. The van der Waals surface area contributed by atoms with Crippen LogP contribution in [-0.2, 0) is 23.4 Å². The Bertz CT molecular complexity index is 875. The smallest absolute Gasteiger partial charge is 0.410 e. The van der Waals surface area contributed by atoms with Gasteiger partial charge in [0.1, 0.15) is 17.0 Å². The monoisotopic (exact) mass is 572 g/mol. The number of aliphatic imine (C=N–C) groups is 1. The van der Waals surface area contributed by atoms with E-state index in [1.165, 1.54) is 6.26 Å². The van der Waals surface area contributed by atoms with Gasteiger partial charge in [-0.15, -0.1) is 24.0 Å². The molecule has 0 radical (unpaired) electrons. The molecular formula is C24H37IN4O4. The Balaban J connectivity index is 0.00000544. The number of nitrogens with one attached hydrogen (secondary N) is 2. The Morgan fingerprint density at radius 3 is 2.30 bits per heavy atom. The number of hydrogen-bond acceptors (Lipinski definition) is 5. The van der Waals surface area contributed by atoms with E-state index in [-0.39, 0.29) is 36.6 Å². The van der Waals surface area contributed by atoms with Crippen LogP contribution in [0.25, 0.3) is 0 Å². The molecule has 0 aliphatic rings. The molecule has 0 aliphatic carbocycles. The van der Waals surface area contributed by atoms with Crippen LogP contribution in [0, 0.1) is 0 Å². The van der Waals surface area contributed by atoms with E-state index < -0.39 is 11.2 Å². The maximum Gasteiger partial charge on any atom is 0.410 e. The van der Waals surface area contributed by atoms with Crippen LogP contribution < -0.4 is 10.6 Å². The molecule has 33 heavy (non-hydrogen) atoms. The van der Waals surface area contributed by atoms with Crippen molar-refractivity contribution in [3.8, 4) is 0 Å². The van der Waals surface area contributed by atoms with Crippen LogP contribution in [0.1, 0.15) is 51.5 Å². The molecule has 1 aromatic heterocycles. The third-order valence-electron chi connectivity index (χ3n) is 4.56. The van der Waals surface area contributed by atoms with Gasteiger partial charge in [-0.25, -0.2) is 9.79 Å². The van der Waals surface area contributed by atoms with E-state index >= 15 is 0 Å². The summed E-state index contributed by atoms with van der Waals surface area (Å²) < 4.78 is 10.7. The van der Waals surface area contributed by atoms with Crippen LogP contribution in [0.3, 0.4) is 0 Å². The fraction of sp³-hybridized carbons (Fsp3) is 0.500. The van der Waals surface area contributed by atoms with Crippen LogP contribution in [0.2, 0.25) is 0 Å². The van der Waals surface area contributed by atoms with Crippen molar-refractivity contribution in [3.63, 3.8) is 0 Å². The molecule has 0 bridgehead atoms. The number of aliphatic hydroxyl groups is 1. The van der Waals surface area contributed by atoms with Gasteiger partial charge in [-0.1, -0.05) is 24.3 Å². The van der Waals surface area contributed by atoms with Crippen molar-refractivity contribution >= 4 is 36.0 Å². The summed E-state index contributed by atoms with van der Waals surface area (Å²) in [6, 6.07) is 11.4. The highest BCUT2D eigenvalue weighted by Gasteiger charge is 2.26. The Labute approximate surface area is 213 Å². The third kappa shape index (κ3) is 10.0. The van der Waals surface area contributed by atoms with Gasteiger partial charge in [-0.3, -0.25) is 0 Å². The first-order valence-electron chi connectivity index (χ1n) is 10.8. The van der Waals surface area contributed by atoms with Crippen molar-refractivity contribution < 1.29 is 19.1 Å². The Kier molecular flexibility index (Phi) is 11.2. The molecule has 1 atom stereocenters. The minimum atomic E-state index is -1.15. The van der Waals surface area contributed by atoms with Gasteiger partial charge in [0.2, 0.25) is 0 Å². The summed E-state index contributed by atoms with van der Waals surface area (Å²) in [5, 5.41) is 16.9. The first kappa shape index (κ1) is 28.8. The van der Waals surface area contributed by atoms with Crippen molar-refractivity contribution in [2.45, 2.75) is 58.9 Å². The lowest BCUT2D eigenvalue weighted by Crippen LogP contribution is -2.44. The third-order valence-corrected chi connectivity index (χ3v) is 4.56. The predicted molar refractivity (Wildman–Crippen MR) is 141 cm³/mol. The standard InChI is InChI=1S/C24H36N4O4.HI/c1-7-25-21(27-17-24(5,30)20-9-8-14-31-20)26-15-18-10-12-19(13-11-18)16-28(6)22(29)32-23(2,3)4;/h8-14,30H,7,15-17H2,1-6H3,(H2,25,26,27);1H. The molecule has 1 amide bonds. The molecule has 0 aliphatic heterocycles. The molecule has 2 aromatic rings. The zero-order valence-corrected chi connectivity index (χ0v) is 22.7. The fourth-order valence-electron chi connectivity index (χ4n) is 2.87. The van der Waals surface area contributed by atoms with Crippen LogP contribution in [0.4, 0.5) is 4.79 Å². The van der Waals surface area contributed by atoms with E-state index in [4.69, 9.17) is 9.15 Å². The van der Waals surface area contributed by atoms with Crippen molar-refractivity contribution in [3.05, 3.63) is 59.5 Å². The summed E-state index contributed by atoms with van der Waals surface area (Å²) in [6.45, 7) is 11.1. The van der Waals surface area contributed by atoms with Crippen LogP contribution in [-0.4, -0.2) is 47.8 Å². The minimum Gasteiger partial charge on any atom is -0.466 e. The zero-order chi connectivity index (χ0) is 23.8. The molecule has 9 heteroatoms. The lowest BCUT2D eigenvalue weighted by Gasteiger charge is -2.24. The number of carbonyl (C=O) groups is 1. The van der Waals surface area contributed by atoms with Crippen LogP contribution in [0.15, 0.2) is 52.1 Å². The second-order valence-electron chi connectivity index (χ2n) is 8.95. The predicted octanol–water partition coefficient (Wildman–Crippen LogP) is 4.23. The number of hydrogen-bond donors (Lipinski definition) is 3. The van der Waals surface area contributed by atoms with E-state index in [0.717, 1.165) is 11.1 Å². The molecule has 1 aromatic carbocycles. The quantitative estimate of drug-likeness (QED) is 0.249. The molecule has 0 fully saturated rings. The second-order valence-corrected chi connectivity index (χ2v) is 8.95. The molecule has 8 nitrogen and oxygen atoms in total. The van der Waals surface area contributed by atoms with Crippen LogP contribution >= 0.6 is 24.0 Å². The van der Waals surface area contributed by atoms with Gasteiger partial charge in [0, 0.05) is 20.1 Å². The Hall–Kier alpha value is -2.27. The number of amides is 1. The molecular weight excluding hydrogens is 535 g/mol. The lowest BCUT2D eigenvalue weighted by molar-refractivity contribution is 0.0285. The van der Waals surface area contributed by atoms with Crippen molar-refractivity contribution in [2.24, 2.45) is 4.99 Å². The summed E-state index contributed by atoms with van der Waals surface area (Å²) in [5.41, 5.74) is 0.368. The summed E-state index contributed by atoms with van der Waals surface area (Å²) in [6.07, 6.45) is 1.19. The van der Waals surface area contributed by atoms with Crippen molar-refractivity contribution in [1.29, 1.82) is 0 Å². The molecule has 1 heterocycles. The highest BCUT2D eigenvalue weighted by atomic mass is 127. The number of ether oxygens (including phenoxy) is 1. The summed E-state index contributed by atoms with van der Waals surface area (Å²) >= 11 is 0. The Morgan fingerprint density at radius 2 is 1.76 bits per heavy atom. The van der Waals surface area contributed by atoms with Crippen molar-refractivity contribution in [2.75, 3.05) is 20.1 Å². The number of nitrogens with zero attached hydrogens (tertiary/aromatic N) is 2. The fourth-order valence-corrected chi connectivity index (χ4v) is 2.87. The van der Waals surface area contributed by atoms with E-state index in [1.807, 2.05) is 52.0 Å². The number of guanidine groups is 1. The lowest BCUT2D eigenvalue weighted by atomic mass is 10.0. The summed E-state index contributed by atoms with van der Waals surface area (Å²) in [4.78, 5) is 18.3. The van der Waals surface area contributed by atoms with E-state index in [2.05, 4.69) is 15.6 Å². The largest absolute Gasteiger partial charge is 0.466 e. The SMILES string of the molecule is CCNC(=NCc1ccc(CN(C)C(=O)OC(C)(C)C)cc1)NCC(C)(O)c1ccco1.I. The van der Waals surface area contributed by atoms with E-state index in [0.29, 0.717) is 31.4 Å². The average molecular weight is 572 g/mol. The molecule has 0 saturated carbocycles. The normalized spacial score (nSPS) is 13.5. The van der Waals surface area contributed by atoms with Gasteiger partial charge >= 0.3 is 6.09 Å². The number of rotatable bonds is 8.